The maximum atomic E-state index is 12.1. The molecular formula is C11H16N2O3. The Balaban J connectivity index is 2.17. The van der Waals surface area contributed by atoms with E-state index in [0.717, 1.165) is 19.3 Å². The SMILES string of the molecule is Cc1ocnc1C(=O)N1CCCCC1CO. The summed E-state index contributed by atoms with van der Waals surface area (Å²) in [6.07, 6.45) is 4.19. The molecular weight excluding hydrogens is 208 g/mol. The van der Waals surface area contributed by atoms with Gasteiger partial charge in [0.2, 0.25) is 0 Å². The van der Waals surface area contributed by atoms with Crippen molar-refractivity contribution in [2.75, 3.05) is 13.2 Å². The maximum Gasteiger partial charge on any atom is 0.276 e. The average Bonchev–Trinajstić information content (AvgIpc) is 2.74. The number of oxazole rings is 1. The van der Waals surface area contributed by atoms with Crippen LogP contribution in [0.4, 0.5) is 0 Å². The molecule has 1 atom stereocenters. The second-order valence-corrected chi connectivity index (χ2v) is 4.09. The smallest absolute Gasteiger partial charge is 0.276 e. The number of carbonyl (C=O) groups is 1. The zero-order valence-electron chi connectivity index (χ0n) is 9.35. The van der Waals surface area contributed by atoms with E-state index in [2.05, 4.69) is 4.98 Å². The number of aliphatic hydroxyl groups excluding tert-OH is 1. The highest BCUT2D eigenvalue weighted by atomic mass is 16.3. The van der Waals surface area contributed by atoms with E-state index in [1.807, 2.05) is 0 Å². The van der Waals surface area contributed by atoms with Crippen molar-refractivity contribution in [3.05, 3.63) is 17.8 Å². The van der Waals surface area contributed by atoms with Crippen LogP contribution in [0.2, 0.25) is 0 Å². The number of carbonyl (C=O) groups excluding carboxylic acids is 1. The maximum absolute atomic E-state index is 12.1. The summed E-state index contributed by atoms with van der Waals surface area (Å²) in [4.78, 5) is 17.8. The van der Waals surface area contributed by atoms with Crippen LogP contribution >= 0.6 is 0 Å². The number of aromatic nitrogens is 1. The highest BCUT2D eigenvalue weighted by molar-refractivity contribution is 5.93. The molecule has 5 heteroatoms. The normalized spacial score (nSPS) is 21.1. The minimum atomic E-state index is -0.134. The number of rotatable bonds is 2. The summed E-state index contributed by atoms with van der Waals surface area (Å²) in [5.74, 6) is 0.400. The Labute approximate surface area is 94.1 Å². The van der Waals surface area contributed by atoms with E-state index in [9.17, 15) is 9.90 Å². The first-order valence-corrected chi connectivity index (χ1v) is 5.56. The Morgan fingerprint density at radius 3 is 3.12 bits per heavy atom. The van der Waals surface area contributed by atoms with Gasteiger partial charge in [-0.2, -0.15) is 0 Å². The lowest BCUT2D eigenvalue weighted by Gasteiger charge is -2.34. The summed E-state index contributed by atoms with van der Waals surface area (Å²) in [6, 6.07) is -0.0719. The van der Waals surface area contributed by atoms with Gasteiger partial charge in [0.05, 0.1) is 12.6 Å². The second kappa shape index (κ2) is 4.65. The largest absolute Gasteiger partial charge is 0.448 e. The molecule has 2 heterocycles. The molecule has 1 amide bonds. The quantitative estimate of drug-likeness (QED) is 0.812. The first-order valence-electron chi connectivity index (χ1n) is 5.56. The van der Waals surface area contributed by atoms with Gasteiger partial charge in [0, 0.05) is 6.54 Å². The molecule has 0 aromatic carbocycles. The number of hydrogen-bond donors (Lipinski definition) is 1. The molecule has 5 nitrogen and oxygen atoms in total. The van der Waals surface area contributed by atoms with Crippen LogP contribution in [0.25, 0.3) is 0 Å². The van der Waals surface area contributed by atoms with Gasteiger partial charge in [-0.25, -0.2) is 4.98 Å². The second-order valence-electron chi connectivity index (χ2n) is 4.09. The summed E-state index contributed by atoms with van der Waals surface area (Å²) in [7, 11) is 0. The van der Waals surface area contributed by atoms with Crippen LogP contribution in [-0.4, -0.2) is 40.1 Å². The zero-order valence-corrected chi connectivity index (χ0v) is 9.35. The van der Waals surface area contributed by atoms with Crippen LogP contribution in [-0.2, 0) is 0 Å². The minimum Gasteiger partial charge on any atom is -0.448 e. The molecule has 0 radical (unpaired) electrons. The van der Waals surface area contributed by atoms with Crippen LogP contribution in [0.1, 0.15) is 35.5 Å². The van der Waals surface area contributed by atoms with E-state index >= 15 is 0 Å². The molecule has 1 aliphatic rings. The van der Waals surface area contributed by atoms with Crippen molar-refractivity contribution in [1.29, 1.82) is 0 Å². The van der Waals surface area contributed by atoms with Crippen molar-refractivity contribution in [3.63, 3.8) is 0 Å². The Morgan fingerprint density at radius 1 is 1.69 bits per heavy atom. The lowest BCUT2D eigenvalue weighted by atomic mass is 10.0. The molecule has 1 unspecified atom stereocenters. The number of aliphatic hydroxyl groups is 1. The fourth-order valence-electron chi connectivity index (χ4n) is 2.10. The lowest BCUT2D eigenvalue weighted by Crippen LogP contribution is -2.45. The summed E-state index contributed by atoms with van der Waals surface area (Å²) in [5.41, 5.74) is 0.361. The third-order valence-corrected chi connectivity index (χ3v) is 3.05. The first-order chi connectivity index (χ1) is 7.74. The molecule has 0 bridgehead atoms. The molecule has 1 aromatic heterocycles. The van der Waals surface area contributed by atoms with Gasteiger partial charge in [-0.3, -0.25) is 4.79 Å². The van der Waals surface area contributed by atoms with Gasteiger partial charge in [0.15, 0.2) is 12.1 Å². The zero-order chi connectivity index (χ0) is 11.5. The Hall–Kier alpha value is -1.36. The predicted molar refractivity (Wildman–Crippen MR) is 57.0 cm³/mol. The predicted octanol–water partition coefficient (Wildman–Crippen LogP) is 0.970. The fourth-order valence-corrected chi connectivity index (χ4v) is 2.10. The van der Waals surface area contributed by atoms with Crippen LogP contribution in [0.15, 0.2) is 10.8 Å². The molecule has 0 spiro atoms. The van der Waals surface area contributed by atoms with Crippen LogP contribution in [0.5, 0.6) is 0 Å². The third-order valence-electron chi connectivity index (χ3n) is 3.05. The van der Waals surface area contributed by atoms with Crippen molar-refractivity contribution in [2.45, 2.75) is 32.2 Å². The Bertz CT molecular complexity index is 375. The summed E-state index contributed by atoms with van der Waals surface area (Å²) >= 11 is 0. The topological polar surface area (TPSA) is 66.6 Å². The number of piperidine rings is 1. The molecule has 88 valence electrons. The van der Waals surface area contributed by atoms with E-state index in [1.54, 1.807) is 11.8 Å². The van der Waals surface area contributed by atoms with Gasteiger partial charge in [0.1, 0.15) is 5.76 Å². The number of amides is 1. The minimum absolute atomic E-state index is 0.0165. The van der Waals surface area contributed by atoms with Crippen LogP contribution < -0.4 is 0 Å². The summed E-state index contributed by atoms with van der Waals surface area (Å²) in [6.45, 7) is 2.43. The number of nitrogens with zero attached hydrogens (tertiary/aromatic N) is 2. The van der Waals surface area contributed by atoms with Crippen LogP contribution in [0, 0.1) is 6.92 Å². The van der Waals surface area contributed by atoms with Crippen molar-refractivity contribution >= 4 is 5.91 Å². The van der Waals surface area contributed by atoms with Crippen molar-refractivity contribution in [1.82, 2.24) is 9.88 Å². The van der Waals surface area contributed by atoms with Gasteiger partial charge in [-0.15, -0.1) is 0 Å². The van der Waals surface area contributed by atoms with Gasteiger partial charge < -0.3 is 14.4 Å². The van der Waals surface area contributed by atoms with E-state index < -0.39 is 0 Å². The van der Waals surface area contributed by atoms with E-state index in [-0.39, 0.29) is 18.6 Å². The van der Waals surface area contributed by atoms with E-state index in [1.165, 1.54) is 6.39 Å². The molecule has 1 fully saturated rings. The number of hydrogen-bond acceptors (Lipinski definition) is 4. The van der Waals surface area contributed by atoms with Gasteiger partial charge in [-0.05, 0) is 26.2 Å². The van der Waals surface area contributed by atoms with Gasteiger partial charge >= 0.3 is 0 Å². The Morgan fingerprint density at radius 2 is 2.50 bits per heavy atom. The lowest BCUT2D eigenvalue weighted by molar-refractivity contribution is 0.0496. The van der Waals surface area contributed by atoms with Crippen molar-refractivity contribution in [2.24, 2.45) is 0 Å². The van der Waals surface area contributed by atoms with Gasteiger partial charge in [0.25, 0.3) is 5.91 Å². The molecule has 1 saturated heterocycles. The molecule has 1 aliphatic heterocycles. The molecule has 16 heavy (non-hydrogen) atoms. The monoisotopic (exact) mass is 224 g/mol. The first kappa shape index (κ1) is 11.1. The molecule has 0 aliphatic carbocycles. The third kappa shape index (κ3) is 1.95. The molecule has 0 saturated carbocycles. The average molecular weight is 224 g/mol. The van der Waals surface area contributed by atoms with Crippen molar-refractivity contribution < 1.29 is 14.3 Å². The van der Waals surface area contributed by atoms with E-state index in [0.29, 0.717) is 18.0 Å². The number of likely N-dealkylation sites (tertiary alicyclic amines) is 1. The number of aryl methyl sites for hydroxylation is 1. The van der Waals surface area contributed by atoms with E-state index in [4.69, 9.17) is 4.42 Å². The fraction of sp³-hybridized carbons (Fsp3) is 0.636. The molecule has 1 aromatic rings. The molecule has 1 N–H and O–H groups in total. The standard InChI is InChI=1S/C11H16N2O3/c1-8-10(12-7-16-8)11(15)13-5-3-2-4-9(13)6-14/h7,9,14H,2-6H2,1H3. The van der Waals surface area contributed by atoms with Crippen molar-refractivity contribution in [3.8, 4) is 0 Å². The molecule has 2 rings (SSSR count). The summed E-state index contributed by atoms with van der Waals surface area (Å²) < 4.78 is 5.02. The van der Waals surface area contributed by atoms with Gasteiger partial charge in [-0.1, -0.05) is 0 Å². The highest BCUT2D eigenvalue weighted by Crippen LogP contribution is 2.19. The highest BCUT2D eigenvalue weighted by Gasteiger charge is 2.29. The summed E-state index contributed by atoms with van der Waals surface area (Å²) in [5, 5.41) is 9.24. The Kier molecular flexibility index (Phi) is 3.24. The van der Waals surface area contributed by atoms with Crippen LogP contribution in [0.3, 0.4) is 0 Å².